The van der Waals surface area contributed by atoms with E-state index in [9.17, 15) is 9.59 Å². The number of para-hydroxylation sites is 1. The molecule has 2 aromatic rings. The lowest BCUT2D eigenvalue weighted by molar-refractivity contribution is -0.127. The quantitative estimate of drug-likeness (QED) is 0.690. The molecule has 0 fully saturated rings. The van der Waals surface area contributed by atoms with Crippen molar-refractivity contribution in [1.82, 2.24) is 4.90 Å². The van der Waals surface area contributed by atoms with Crippen molar-refractivity contribution in [3.05, 3.63) is 65.2 Å². The van der Waals surface area contributed by atoms with Crippen molar-refractivity contribution in [2.45, 2.75) is 6.42 Å². The van der Waals surface area contributed by atoms with Crippen LogP contribution >= 0.6 is 0 Å². The molecule has 0 radical (unpaired) electrons. The van der Waals surface area contributed by atoms with Gasteiger partial charge in [-0.1, -0.05) is 42.5 Å². The van der Waals surface area contributed by atoms with Crippen molar-refractivity contribution < 1.29 is 9.59 Å². The summed E-state index contributed by atoms with van der Waals surface area (Å²) in [4.78, 5) is 25.8. The first kappa shape index (κ1) is 14.8. The van der Waals surface area contributed by atoms with E-state index >= 15 is 0 Å². The Morgan fingerprint density at radius 1 is 1.00 bits per heavy atom. The van der Waals surface area contributed by atoms with Crippen LogP contribution in [0.5, 0.6) is 0 Å². The molecular formula is C17H18N2O2. The number of likely N-dealkylation sites (N-methyl/N-ethyl adjacent to an activating group) is 1. The second-order valence-corrected chi connectivity index (χ2v) is 5.04. The lowest BCUT2D eigenvalue weighted by Crippen LogP contribution is -2.24. The minimum atomic E-state index is -0.132. The van der Waals surface area contributed by atoms with Crippen LogP contribution in [0.15, 0.2) is 48.5 Å². The van der Waals surface area contributed by atoms with Crippen LogP contribution in [0.4, 0.5) is 5.69 Å². The number of anilines is 1. The summed E-state index contributed by atoms with van der Waals surface area (Å²) in [5, 5.41) is 0. The Bertz CT molecular complexity index is 664. The summed E-state index contributed by atoms with van der Waals surface area (Å²) < 4.78 is 0. The smallest absolute Gasteiger partial charge is 0.226 e. The summed E-state index contributed by atoms with van der Waals surface area (Å²) >= 11 is 0. The van der Waals surface area contributed by atoms with Crippen molar-refractivity contribution in [2.75, 3.05) is 19.8 Å². The van der Waals surface area contributed by atoms with E-state index in [-0.39, 0.29) is 18.1 Å². The van der Waals surface area contributed by atoms with Gasteiger partial charge < -0.3 is 10.6 Å². The number of amides is 1. The van der Waals surface area contributed by atoms with Gasteiger partial charge in [-0.25, -0.2) is 0 Å². The largest absolute Gasteiger partial charge is 0.398 e. The first-order chi connectivity index (χ1) is 10.0. The van der Waals surface area contributed by atoms with Crippen LogP contribution in [-0.2, 0) is 11.2 Å². The Labute approximate surface area is 124 Å². The topological polar surface area (TPSA) is 63.4 Å². The molecule has 1 amide bonds. The van der Waals surface area contributed by atoms with Crippen molar-refractivity contribution in [1.29, 1.82) is 0 Å². The van der Waals surface area contributed by atoms with Gasteiger partial charge in [-0.2, -0.15) is 0 Å². The molecule has 0 aliphatic rings. The highest BCUT2D eigenvalue weighted by molar-refractivity contribution is 6.12. The van der Waals surface area contributed by atoms with E-state index in [0.29, 0.717) is 22.4 Å². The molecule has 0 heterocycles. The summed E-state index contributed by atoms with van der Waals surface area (Å²) in [5.41, 5.74) is 8.15. The highest BCUT2D eigenvalue weighted by Crippen LogP contribution is 2.21. The second-order valence-electron chi connectivity index (χ2n) is 5.04. The molecule has 2 N–H and O–H groups in total. The molecule has 0 aliphatic heterocycles. The van der Waals surface area contributed by atoms with Gasteiger partial charge in [0.1, 0.15) is 0 Å². The van der Waals surface area contributed by atoms with Crippen LogP contribution < -0.4 is 5.73 Å². The third-order valence-electron chi connectivity index (χ3n) is 3.32. The van der Waals surface area contributed by atoms with Crippen LogP contribution in [-0.4, -0.2) is 30.7 Å². The lowest BCUT2D eigenvalue weighted by Gasteiger charge is -2.13. The maximum absolute atomic E-state index is 12.5. The molecular weight excluding hydrogens is 264 g/mol. The predicted octanol–water partition coefficient (Wildman–Crippen LogP) is 2.13. The molecule has 4 heteroatoms. The molecule has 0 saturated carbocycles. The number of ketones is 1. The second kappa shape index (κ2) is 6.22. The van der Waals surface area contributed by atoms with Crippen LogP contribution in [0.3, 0.4) is 0 Å². The first-order valence-electron chi connectivity index (χ1n) is 6.68. The Balaban J connectivity index is 2.34. The molecule has 0 spiro atoms. The number of nitrogens with zero attached hydrogens (tertiary/aromatic N) is 1. The minimum Gasteiger partial charge on any atom is -0.398 e. The van der Waals surface area contributed by atoms with Crippen LogP contribution in [0.25, 0.3) is 0 Å². The minimum absolute atomic E-state index is 0.0500. The van der Waals surface area contributed by atoms with Crippen molar-refractivity contribution in [3.8, 4) is 0 Å². The molecule has 2 rings (SSSR count). The molecule has 0 aliphatic carbocycles. The average molecular weight is 282 g/mol. The Kier molecular flexibility index (Phi) is 4.38. The van der Waals surface area contributed by atoms with E-state index in [2.05, 4.69) is 0 Å². The van der Waals surface area contributed by atoms with E-state index in [1.165, 1.54) is 4.90 Å². The average Bonchev–Trinajstić information content (AvgIpc) is 2.49. The summed E-state index contributed by atoms with van der Waals surface area (Å²) in [6.07, 6.45) is 0.189. The number of carbonyl (C=O) groups excluding carboxylic acids is 2. The van der Waals surface area contributed by atoms with Crippen LogP contribution in [0.1, 0.15) is 21.5 Å². The van der Waals surface area contributed by atoms with Gasteiger partial charge in [0.15, 0.2) is 5.78 Å². The van der Waals surface area contributed by atoms with E-state index in [0.717, 1.165) is 0 Å². The van der Waals surface area contributed by atoms with Crippen LogP contribution in [0, 0.1) is 0 Å². The molecule has 2 aromatic carbocycles. The third-order valence-corrected chi connectivity index (χ3v) is 3.32. The molecule has 0 unspecified atom stereocenters. The highest BCUT2D eigenvalue weighted by Gasteiger charge is 2.16. The zero-order valence-corrected chi connectivity index (χ0v) is 12.2. The molecule has 21 heavy (non-hydrogen) atoms. The fourth-order valence-corrected chi connectivity index (χ4v) is 2.03. The number of nitrogen functional groups attached to an aromatic ring is 1. The van der Waals surface area contributed by atoms with Gasteiger partial charge in [-0.3, -0.25) is 9.59 Å². The van der Waals surface area contributed by atoms with Gasteiger partial charge >= 0.3 is 0 Å². The fourth-order valence-electron chi connectivity index (χ4n) is 2.03. The van der Waals surface area contributed by atoms with Gasteiger partial charge in [0, 0.05) is 30.9 Å². The Morgan fingerprint density at radius 2 is 1.67 bits per heavy atom. The number of rotatable bonds is 4. The Morgan fingerprint density at radius 3 is 2.29 bits per heavy atom. The fraction of sp³-hybridized carbons (Fsp3) is 0.176. The molecule has 0 aromatic heterocycles. The van der Waals surface area contributed by atoms with Gasteiger partial charge in [-0.05, 0) is 11.6 Å². The number of hydrogen-bond donors (Lipinski definition) is 1. The standard InChI is InChI=1S/C17H18N2O2/c1-19(2)15(20)11-13-9-6-10-14(16(13)18)17(21)12-7-4-3-5-8-12/h3-10H,11,18H2,1-2H3. The van der Waals surface area contributed by atoms with Gasteiger partial charge in [0.05, 0.1) is 6.42 Å². The maximum Gasteiger partial charge on any atom is 0.226 e. The van der Waals surface area contributed by atoms with Crippen LogP contribution in [0.2, 0.25) is 0 Å². The summed E-state index contributed by atoms with van der Waals surface area (Å²) in [7, 11) is 3.38. The third kappa shape index (κ3) is 3.28. The van der Waals surface area contributed by atoms with Crippen molar-refractivity contribution >= 4 is 17.4 Å². The van der Waals surface area contributed by atoms with Gasteiger partial charge in [0.2, 0.25) is 5.91 Å². The van der Waals surface area contributed by atoms with E-state index < -0.39 is 0 Å². The molecule has 0 bridgehead atoms. The zero-order chi connectivity index (χ0) is 15.4. The Hall–Kier alpha value is -2.62. The number of carbonyl (C=O) groups is 2. The molecule has 4 nitrogen and oxygen atoms in total. The predicted molar refractivity (Wildman–Crippen MR) is 83.1 cm³/mol. The normalized spacial score (nSPS) is 10.2. The molecule has 108 valence electrons. The number of hydrogen-bond acceptors (Lipinski definition) is 3. The molecule has 0 atom stereocenters. The summed E-state index contributed by atoms with van der Waals surface area (Å²) in [5.74, 6) is -0.182. The maximum atomic E-state index is 12.5. The lowest BCUT2D eigenvalue weighted by atomic mass is 9.97. The van der Waals surface area contributed by atoms with E-state index in [4.69, 9.17) is 5.73 Å². The van der Waals surface area contributed by atoms with Crippen molar-refractivity contribution in [3.63, 3.8) is 0 Å². The van der Waals surface area contributed by atoms with E-state index in [1.807, 2.05) is 18.2 Å². The van der Waals surface area contributed by atoms with Gasteiger partial charge in [-0.15, -0.1) is 0 Å². The van der Waals surface area contributed by atoms with Crippen molar-refractivity contribution in [2.24, 2.45) is 0 Å². The number of benzene rings is 2. The summed E-state index contributed by atoms with van der Waals surface area (Å²) in [6, 6.07) is 14.2. The summed E-state index contributed by atoms with van der Waals surface area (Å²) in [6.45, 7) is 0. The van der Waals surface area contributed by atoms with Gasteiger partial charge in [0.25, 0.3) is 0 Å². The highest BCUT2D eigenvalue weighted by atomic mass is 16.2. The SMILES string of the molecule is CN(C)C(=O)Cc1cccc(C(=O)c2ccccc2)c1N. The first-order valence-corrected chi connectivity index (χ1v) is 6.68. The number of nitrogens with two attached hydrogens (primary N) is 1. The monoisotopic (exact) mass is 282 g/mol. The van der Waals surface area contributed by atoms with E-state index in [1.54, 1.807) is 44.4 Å². The zero-order valence-electron chi connectivity index (χ0n) is 12.2. The molecule has 0 saturated heterocycles.